The smallest absolute Gasteiger partial charge is 0.310 e. The van der Waals surface area contributed by atoms with Crippen LogP contribution in [0.25, 0.3) is 0 Å². The highest BCUT2D eigenvalue weighted by Crippen LogP contribution is 2.19. The van der Waals surface area contributed by atoms with Gasteiger partial charge < -0.3 is 14.4 Å². The van der Waals surface area contributed by atoms with Crippen LogP contribution in [-0.2, 0) is 20.7 Å². The Morgan fingerprint density at radius 1 is 1.17 bits per heavy atom. The molecule has 5 nitrogen and oxygen atoms in total. The molecule has 1 fully saturated rings. The first-order valence-electron chi connectivity index (χ1n) is 8.30. The summed E-state index contributed by atoms with van der Waals surface area (Å²) in [6.07, 6.45) is 1.99. The summed E-state index contributed by atoms with van der Waals surface area (Å²) in [5.74, 6) is 0.492. The quantitative estimate of drug-likeness (QED) is 0.756. The van der Waals surface area contributed by atoms with Gasteiger partial charge in [-0.15, -0.1) is 0 Å². The molecule has 2 rings (SSSR count). The fourth-order valence-corrected chi connectivity index (χ4v) is 2.81. The van der Waals surface area contributed by atoms with Gasteiger partial charge in [0.1, 0.15) is 5.75 Å². The maximum Gasteiger partial charge on any atom is 0.310 e. The molecule has 5 heteroatoms. The van der Waals surface area contributed by atoms with E-state index in [9.17, 15) is 9.59 Å². The van der Waals surface area contributed by atoms with Gasteiger partial charge in [-0.3, -0.25) is 9.59 Å². The van der Waals surface area contributed by atoms with Crippen molar-refractivity contribution in [2.24, 2.45) is 5.92 Å². The number of likely N-dealkylation sites (tertiary alicyclic amines) is 1. The number of ether oxygens (including phenoxy) is 2. The lowest BCUT2D eigenvalue weighted by Crippen LogP contribution is -2.43. The third kappa shape index (κ3) is 4.98. The van der Waals surface area contributed by atoms with E-state index in [-0.39, 0.29) is 17.8 Å². The largest absolute Gasteiger partial charge is 0.494 e. The maximum absolute atomic E-state index is 12.4. The van der Waals surface area contributed by atoms with Crippen LogP contribution in [0.15, 0.2) is 24.3 Å². The van der Waals surface area contributed by atoms with Crippen LogP contribution in [0.1, 0.15) is 32.3 Å². The molecule has 1 aromatic rings. The van der Waals surface area contributed by atoms with Crippen molar-refractivity contribution < 1.29 is 19.1 Å². The molecule has 0 radical (unpaired) electrons. The van der Waals surface area contributed by atoms with E-state index in [0.29, 0.717) is 32.7 Å². The zero-order chi connectivity index (χ0) is 16.7. The van der Waals surface area contributed by atoms with E-state index >= 15 is 0 Å². The first-order valence-corrected chi connectivity index (χ1v) is 8.30. The number of benzene rings is 1. The minimum Gasteiger partial charge on any atom is -0.494 e. The zero-order valence-electron chi connectivity index (χ0n) is 13.9. The monoisotopic (exact) mass is 319 g/mol. The second-order valence-corrected chi connectivity index (χ2v) is 5.68. The van der Waals surface area contributed by atoms with Crippen LogP contribution in [0, 0.1) is 5.92 Å². The molecule has 23 heavy (non-hydrogen) atoms. The van der Waals surface area contributed by atoms with E-state index in [1.807, 2.05) is 31.2 Å². The summed E-state index contributed by atoms with van der Waals surface area (Å²) < 4.78 is 10.5. The first-order chi connectivity index (χ1) is 11.1. The minimum absolute atomic E-state index is 0.0585. The average Bonchev–Trinajstić information content (AvgIpc) is 2.57. The van der Waals surface area contributed by atoms with Crippen LogP contribution in [-0.4, -0.2) is 43.1 Å². The molecule has 0 aromatic heterocycles. The number of piperidine rings is 1. The number of hydrogen-bond acceptors (Lipinski definition) is 4. The van der Waals surface area contributed by atoms with E-state index < -0.39 is 0 Å². The van der Waals surface area contributed by atoms with Gasteiger partial charge in [0, 0.05) is 13.1 Å². The van der Waals surface area contributed by atoms with Crippen molar-refractivity contribution in [1.82, 2.24) is 4.90 Å². The lowest BCUT2D eigenvalue weighted by molar-refractivity contribution is -0.151. The highest BCUT2D eigenvalue weighted by molar-refractivity contribution is 5.80. The van der Waals surface area contributed by atoms with Crippen LogP contribution >= 0.6 is 0 Å². The predicted molar refractivity (Wildman–Crippen MR) is 87.3 cm³/mol. The molecular weight excluding hydrogens is 294 g/mol. The van der Waals surface area contributed by atoms with Gasteiger partial charge in [-0.1, -0.05) is 12.1 Å². The van der Waals surface area contributed by atoms with Crippen LogP contribution in [0.5, 0.6) is 5.75 Å². The first kappa shape index (κ1) is 17.3. The summed E-state index contributed by atoms with van der Waals surface area (Å²) in [5, 5.41) is 0. The lowest BCUT2D eigenvalue weighted by atomic mass is 9.97. The number of carbonyl (C=O) groups excluding carboxylic acids is 2. The number of carbonyl (C=O) groups is 2. The second-order valence-electron chi connectivity index (χ2n) is 5.68. The third-order valence-corrected chi connectivity index (χ3v) is 3.98. The van der Waals surface area contributed by atoms with E-state index in [4.69, 9.17) is 9.47 Å². The van der Waals surface area contributed by atoms with Crippen molar-refractivity contribution in [3.63, 3.8) is 0 Å². The number of rotatable bonds is 6. The van der Waals surface area contributed by atoms with Gasteiger partial charge in [-0.2, -0.15) is 0 Å². The van der Waals surface area contributed by atoms with Gasteiger partial charge >= 0.3 is 5.97 Å². The molecule has 0 saturated carbocycles. The fourth-order valence-electron chi connectivity index (χ4n) is 2.81. The molecule has 1 aliphatic rings. The molecule has 0 bridgehead atoms. The third-order valence-electron chi connectivity index (χ3n) is 3.98. The van der Waals surface area contributed by atoms with Crippen LogP contribution in [0.4, 0.5) is 0 Å². The zero-order valence-corrected chi connectivity index (χ0v) is 13.9. The lowest BCUT2D eigenvalue weighted by Gasteiger charge is -2.31. The Hall–Kier alpha value is -2.04. The molecule has 1 aliphatic heterocycles. The number of hydrogen-bond donors (Lipinski definition) is 0. The van der Waals surface area contributed by atoms with E-state index in [2.05, 4.69) is 0 Å². The summed E-state index contributed by atoms with van der Waals surface area (Å²) in [6.45, 7) is 5.93. The second kappa shape index (κ2) is 8.56. The van der Waals surface area contributed by atoms with Gasteiger partial charge in [0.25, 0.3) is 0 Å². The molecular formula is C18H25NO4. The van der Waals surface area contributed by atoms with Crippen molar-refractivity contribution in [3.8, 4) is 5.75 Å². The Kier molecular flexibility index (Phi) is 6.44. The van der Waals surface area contributed by atoms with E-state index in [0.717, 1.165) is 24.2 Å². The Morgan fingerprint density at radius 3 is 2.57 bits per heavy atom. The van der Waals surface area contributed by atoms with Crippen LogP contribution in [0.3, 0.4) is 0 Å². The SMILES string of the molecule is CCOC(=O)C1CCCN(C(=O)Cc2ccc(OCC)cc2)C1. The molecule has 1 heterocycles. The van der Waals surface area contributed by atoms with Crippen molar-refractivity contribution in [2.45, 2.75) is 33.1 Å². The normalized spacial score (nSPS) is 17.7. The summed E-state index contributed by atoms with van der Waals surface area (Å²) in [7, 11) is 0. The summed E-state index contributed by atoms with van der Waals surface area (Å²) in [5.41, 5.74) is 0.955. The van der Waals surface area contributed by atoms with Crippen LogP contribution < -0.4 is 4.74 Å². The highest BCUT2D eigenvalue weighted by atomic mass is 16.5. The molecule has 0 spiro atoms. The average molecular weight is 319 g/mol. The molecule has 1 amide bonds. The molecule has 1 unspecified atom stereocenters. The standard InChI is InChI=1S/C18H25NO4/c1-3-22-16-9-7-14(8-10-16)12-17(20)19-11-5-6-15(13-19)18(21)23-4-2/h7-10,15H,3-6,11-13H2,1-2H3. The Bertz CT molecular complexity index is 526. The summed E-state index contributed by atoms with van der Waals surface area (Å²) >= 11 is 0. The van der Waals surface area contributed by atoms with E-state index in [1.54, 1.807) is 11.8 Å². The molecule has 1 aromatic carbocycles. The molecule has 0 N–H and O–H groups in total. The van der Waals surface area contributed by atoms with Crippen molar-refractivity contribution in [1.29, 1.82) is 0 Å². The van der Waals surface area contributed by atoms with Gasteiger partial charge in [-0.05, 0) is 44.4 Å². The summed E-state index contributed by atoms with van der Waals surface area (Å²) in [6, 6.07) is 7.58. The predicted octanol–water partition coefficient (Wildman–Crippen LogP) is 2.43. The van der Waals surface area contributed by atoms with Gasteiger partial charge in [-0.25, -0.2) is 0 Å². The van der Waals surface area contributed by atoms with Gasteiger partial charge in [0.15, 0.2) is 0 Å². The number of esters is 1. The number of nitrogens with zero attached hydrogens (tertiary/aromatic N) is 1. The fraction of sp³-hybridized carbons (Fsp3) is 0.556. The van der Waals surface area contributed by atoms with Gasteiger partial charge in [0.2, 0.25) is 5.91 Å². The molecule has 1 saturated heterocycles. The van der Waals surface area contributed by atoms with Crippen molar-refractivity contribution >= 4 is 11.9 Å². The van der Waals surface area contributed by atoms with Crippen molar-refractivity contribution in [2.75, 3.05) is 26.3 Å². The van der Waals surface area contributed by atoms with Crippen LogP contribution in [0.2, 0.25) is 0 Å². The number of amides is 1. The topological polar surface area (TPSA) is 55.8 Å². The van der Waals surface area contributed by atoms with Crippen molar-refractivity contribution in [3.05, 3.63) is 29.8 Å². The molecule has 126 valence electrons. The maximum atomic E-state index is 12.4. The molecule has 1 atom stereocenters. The Labute approximate surface area is 137 Å². The minimum atomic E-state index is -0.189. The van der Waals surface area contributed by atoms with E-state index in [1.165, 1.54) is 0 Å². The van der Waals surface area contributed by atoms with Gasteiger partial charge in [0.05, 0.1) is 25.6 Å². The Morgan fingerprint density at radius 2 is 1.91 bits per heavy atom. The summed E-state index contributed by atoms with van der Waals surface area (Å²) in [4.78, 5) is 26.1. The molecule has 0 aliphatic carbocycles. The Balaban J connectivity index is 1.90. The highest BCUT2D eigenvalue weighted by Gasteiger charge is 2.29.